The molecule has 7 nitrogen and oxygen atoms in total. The van der Waals surface area contributed by atoms with E-state index in [0.29, 0.717) is 25.9 Å². The van der Waals surface area contributed by atoms with E-state index in [1.165, 1.54) is 16.6 Å². The zero-order valence-electron chi connectivity index (χ0n) is 17.4. The fourth-order valence-corrected chi connectivity index (χ4v) is 4.41. The van der Waals surface area contributed by atoms with E-state index in [9.17, 15) is 9.59 Å². The van der Waals surface area contributed by atoms with Crippen molar-refractivity contribution >= 4 is 22.7 Å². The number of H-pyrrole nitrogens is 1. The molecule has 7 heteroatoms. The fraction of sp³-hybridized carbons (Fsp3) is 0.333. The van der Waals surface area contributed by atoms with Crippen molar-refractivity contribution in [1.29, 1.82) is 0 Å². The van der Waals surface area contributed by atoms with Gasteiger partial charge in [-0.3, -0.25) is 19.7 Å². The highest BCUT2D eigenvalue weighted by Crippen LogP contribution is 2.38. The third-order valence-electron chi connectivity index (χ3n) is 5.87. The van der Waals surface area contributed by atoms with Crippen molar-refractivity contribution in [3.05, 3.63) is 71.4 Å². The Balaban J connectivity index is 1.47. The summed E-state index contributed by atoms with van der Waals surface area (Å²) >= 11 is 0. The number of hydrogen-bond acceptors (Lipinski definition) is 4. The van der Waals surface area contributed by atoms with Crippen molar-refractivity contribution < 1.29 is 14.8 Å². The molecule has 1 aromatic heterocycles. The van der Waals surface area contributed by atoms with Crippen LogP contribution in [0.15, 0.2) is 54.6 Å². The number of nitrogens with zero attached hydrogens (tertiary/aromatic N) is 1. The number of benzene rings is 2. The van der Waals surface area contributed by atoms with Gasteiger partial charge in [0.2, 0.25) is 11.8 Å². The topological polar surface area (TPSA) is 97.5 Å². The molecule has 0 saturated carbocycles. The highest BCUT2D eigenvalue weighted by molar-refractivity contribution is 5.85. The minimum absolute atomic E-state index is 0.00338. The Morgan fingerprint density at radius 1 is 1.03 bits per heavy atom. The lowest BCUT2D eigenvalue weighted by atomic mass is 9.92. The largest absolute Gasteiger partial charge is 0.357 e. The molecule has 3 aromatic rings. The monoisotopic (exact) mass is 420 g/mol. The number of hydrogen-bond donors (Lipinski definition) is 4. The number of carbonyl (C=O) groups is 2. The molecule has 31 heavy (non-hydrogen) atoms. The molecule has 0 bridgehead atoms. The summed E-state index contributed by atoms with van der Waals surface area (Å²) in [6.07, 6.45) is 2.44. The third-order valence-corrected chi connectivity index (χ3v) is 5.87. The first-order valence-electron chi connectivity index (χ1n) is 10.8. The number of aromatic amines is 1. The van der Waals surface area contributed by atoms with Crippen LogP contribution in [0.2, 0.25) is 0 Å². The molecule has 4 rings (SSSR count). The van der Waals surface area contributed by atoms with E-state index < -0.39 is 5.91 Å². The summed E-state index contributed by atoms with van der Waals surface area (Å²) in [4.78, 5) is 29.5. The Bertz CT molecular complexity index is 1050. The van der Waals surface area contributed by atoms with Crippen LogP contribution in [0, 0.1) is 0 Å². The summed E-state index contributed by atoms with van der Waals surface area (Å²) in [5.41, 5.74) is 6.42. The van der Waals surface area contributed by atoms with Crippen molar-refractivity contribution in [3.63, 3.8) is 0 Å². The number of unbranched alkanes of at least 4 members (excludes halogenated alkanes) is 1. The molecule has 2 aromatic carbocycles. The lowest BCUT2D eigenvalue weighted by Crippen LogP contribution is -2.43. The van der Waals surface area contributed by atoms with Crippen LogP contribution in [0.5, 0.6) is 0 Å². The van der Waals surface area contributed by atoms with Crippen molar-refractivity contribution in [2.45, 2.75) is 31.7 Å². The number of aromatic nitrogens is 1. The smallest absolute Gasteiger partial charge is 0.243 e. The standard InChI is InChI=1S/C24H28N4O3/c29-21(27-31)12-6-7-14-25-22(30)16-28-15-13-19-18-10-4-5-11-20(18)26-23(19)24(28)17-8-2-1-3-9-17/h1-5,8-11,24,26,31H,6-7,12-16H2,(H,25,30)(H,27,29). The van der Waals surface area contributed by atoms with Gasteiger partial charge in [0, 0.05) is 36.1 Å². The summed E-state index contributed by atoms with van der Waals surface area (Å²) < 4.78 is 0. The first-order valence-corrected chi connectivity index (χ1v) is 10.8. The maximum Gasteiger partial charge on any atom is 0.243 e. The average Bonchev–Trinajstić information content (AvgIpc) is 3.17. The van der Waals surface area contributed by atoms with Gasteiger partial charge in [0.05, 0.1) is 12.6 Å². The van der Waals surface area contributed by atoms with Crippen LogP contribution in [0.3, 0.4) is 0 Å². The van der Waals surface area contributed by atoms with Gasteiger partial charge in [0.1, 0.15) is 0 Å². The molecule has 1 unspecified atom stereocenters. The highest BCUT2D eigenvalue weighted by Gasteiger charge is 2.32. The van der Waals surface area contributed by atoms with Crippen LogP contribution in [0.25, 0.3) is 10.9 Å². The molecule has 1 aliphatic rings. The SMILES string of the molecule is O=C(CCCCNC(=O)CN1CCc2c([nH]c3ccccc23)C1c1ccccc1)NO. The van der Waals surface area contributed by atoms with Gasteiger partial charge in [-0.2, -0.15) is 0 Å². The van der Waals surface area contributed by atoms with Crippen molar-refractivity contribution in [3.8, 4) is 0 Å². The van der Waals surface area contributed by atoms with Gasteiger partial charge in [-0.05, 0) is 36.5 Å². The second kappa shape index (κ2) is 9.76. The van der Waals surface area contributed by atoms with Gasteiger partial charge in [0.15, 0.2) is 0 Å². The third kappa shape index (κ3) is 4.78. The zero-order valence-corrected chi connectivity index (χ0v) is 17.4. The molecule has 2 amide bonds. The van der Waals surface area contributed by atoms with Gasteiger partial charge in [-0.15, -0.1) is 0 Å². The van der Waals surface area contributed by atoms with Crippen molar-refractivity contribution in [2.75, 3.05) is 19.6 Å². The Labute approximate surface area is 181 Å². The summed E-state index contributed by atoms with van der Waals surface area (Å²) in [5, 5.41) is 12.7. The normalized spacial score (nSPS) is 16.1. The number of para-hydroxylation sites is 1. The van der Waals surface area contributed by atoms with Crippen LogP contribution in [0.4, 0.5) is 0 Å². The Morgan fingerprint density at radius 2 is 1.81 bits per heavy atom. The Hall–Kier alpha value is -3.16. The predicted octanol–water partition coefficient (Wildman–Crippen LogP) is 2.91. The van der Waals surface area contributed by atoms with Gasteiger partial charge >= 0.3 is 0 Å². The number of carbonyl (C=O) groups excluding carboxylic acids is 2. The maximum atomic E-state index is 12.6. The van der Waals surface area contributed by atoms with E-state index in [4.69, 9.17) is 5.21 Å². The molecule has 162 valence electrons. The Morgan fingerprint density at radius 3 is 2.61 bits per heavy atom. The first kappa shape index (κ1) is 21.1. The van der Waals surface area contributed by atoms with Crippen LogP contribution in [0.1, 0.15) is 42.1 Å². The average molecular weight is 421 g/mol. The fourth-order valence-electron chi connectivity index (χ4n) is 4.41. The lowest BCUT2D eigenvalue weighted by Gasteiger charge is -2.35. The van der Waals surface area contributed by atoms with Gasteiger partial charge < -0.3 is 10.3 Å². The van der Waals surface area contributed by atoms with Crippen LogP contribution >= 0.6 is 0 Å². The molecular formula is C24H28N4O3. The molecule has 1 atom stereocenters. The molecule has 1 aliphatic heterocycles. The number of rotatable bonds is 8. The van der Waals surface area contributed by atoms with E-state index in [-0.39, 0.29) is 18.4 Å². The molecule has 0 aliphatic carbocycles. The highest BCUT2D eigenvalue weighted by atomic mass is 16.5. The Kier molecular flexibility index (Phi) is 6.64. The summed E-state index contributed by atoms with van der Waals surface area (Å²) in [6, 6.07) is 18.7. The second-order valence-electron chi connectivity index (χ2n) is 7.94. The molecule has 0 saturated heterocycles. The number of nitrogens with one attached hydrogen (secondary N) is 3. The number of fused-ring (bicyclic) bond motifs is 3. The van der Waals surface area contributed by atoms with Crippen LogP contribution in [-0.4, -0.2) is 46.5 Å². The van der Waals surface area contributed by atoms with E-state index in [1.54, 1.807) is 5.48 Å². The quantitative estimate of drug-likeness (QED) is 0.256. The van der Waals surface area contributed by atoms with E-state index >= 15 is 0 Å². The second-order valence-corrected chi connectivity index (χ2v) is 7.94. The molecule has 2 heterocycles. The predicted molar refractivity (Wildman–Crippen MR) is 119 cm³/mol. The van der Waals surface area contributed by atoms with Gasteiger partial charge in [-0.1, -0.05) is 48.5 Å². The minimum Gasteiger partial charge on any atom is -0.357 e. The van der Waals surface area contributed by atoms with E-state index in [1.807, 2.05) is 24.3 Å². The zero-order chi connectivity index (χ0) is 21.6. The summed E-state index contributed by atoms with van der Waals surface area (Å²) in [5.74, 6) is -0.424. The molecule has 0 spiro atoms. The summed E-state index contributed by atoms with van der Waals surface area (Å²) in [6.45, 7) is 1.63. The lowest BCUT2D eigenvalue weighted by molar-refractivity contribution is -0.129. The molecular weight excluding hydrogens is 392 g/mol. The van der Waals surface area contributed by atoms with E-state index in [2.05, 4.69) is 45.5 Å². The van der Waals surface area contributed by atoms with Crippen LogP contribution in [-0.2, 0) is 16.0 Å². The molecule has 0 fully saturated rings. The van der Waals surface area contributed by atoms with Crippen molar-refractivity contribution in [2.24, 2.45) is 0 Å². The minimum atomic E-state index is -0.403. The first-order chi connectivity index (χ1) is 15.2. The number of amides is 2. The number of hydroxylamine groups is 1. The summed E-state index contributed by atoms with van der Waals surface area (Å²) in [7, 11) is 0. The van der Waals surface area contributed by atoms with Crippen molar-refractivity contribution in [1.82, 2.24) is 20.7 Å². The maximum absolute atomic E-state index is 12.6. The van der Waals surface area contributed by atoms with Gasteiger partial charge in [0.25, 0.3) is 0 Å². The van der Waals surface area contributed by atoms with Gasteiger partial charge in [-0.25, -0.2) is 5.48 Å². The molecule has 4 N–H and O–H groups in total. The van der Waals surface area contributed by atoms with Crippen LogP contribution < -0.4 is 10.8 Å². The van der Waals surface area contributed by atoms with E-state index in [0.717, 1.165) is 24.0 Å². The molecule has 0 radical (unpaired) electrons.